The summed E-state index contributed by atoms with van der Waals surface area (Å²) in [5, 5.41) is 6.08. The molecule has 0 aromatic heterocycles. The molecule has 0 saturated heterocycles. The Balaban J connectivity index is 2.63. The monoisotopic (exact) mass is 436 g/mol. The van der Waals surface area contributed by atoms with E-state index in [2.05, 4.69) is 10.6 Å². The third-order valence-electron chi connectivity index (χ3n) is 6.05. The van der Waals surface area contributed by atoms with Crippen LogP contribution in [0.1, 0.15) is 111 Å². The van der Waals surface area contributed by atoms with Crippen LogP contribution in [-0.2, 0) is 24.0 Å². The zero-order valence-corrected chi connectivity index (χ0v) is 19.5. The molecule has 2 N–H and O–H groups in total. The van der Waals surface area contributed by atoms with E-state index < -0.39 is 5.54 Å². The van der Waals surface area contributed by atoms with E-state index in [0.717, 1.165) is 25.7 Å². The molecule has 0 aliphatic heterocycles. The lowest BCUT2D eigenvalue weighted by molar-refractivity contribution is -0.126. The average Bonchev–Trinajstić information content (AvgIpc) is 2.69. The number of amides is 2. The Labute approximate surface area is 186 Å². The molecule has 7 nitrogen and oxygen atoms in total. The summed E-state index contributed by atoms with van der Waals surface area (Å²) in [4.78, 5) is 59.5. The topological polar surface area (TPSA) is 109 Å². The van der Waals surface area contributed by atoms with Crippen molar-refractivity contribution in [3.05, 3.63) is 0 Å². The molecule has 0 radical (unpaired) electrons. The van der Waals surface area contributed by atoms with E-state index in [9.17, 15) is 24.0 Å². The van der Waals surface area contributed by atoms with E-state index >= 15 is 0 Å². The normalized spacial score (nSPS) is 14.7. The number of carbonyl (C=O) groups is 5. The van der Waals surface area contributed by atoms with Gasteiger partial charge in [-0.1, -0.05) is 19.3 Å². The highest BCUT2D eigenvalue weighted by Crippen LogP contribution is 2.27. The maximum absolute atomic E-state index is 12.7. The molecule has 0 unspecified atom stereocenters. The second-order valence-corrected chi connectivity index (χ2v) is 9.19. The molecule has 1 rings (SSSR count). The van der Waals surface area contributed by atoms with Gasteiger partial charge in [0.2, 0.25) is 11.8 Å². The van der Waals surface area contributed by atoms with Crippen LogP contribution < -0.4 is 10.6 Å². The Morgan fingerprint density at radius 3 is 1.58 bits per heavy atom. The van der Waals surface area contributed by atoms with Crippen LogP contribution in [0.2, 0.25) is 0 Å². The third-order valence-corrected chi connectivity index (χ3v) is 6.05. The van der Waals surface area contributed by atoms with Crippen LogP contribution in [0.25, 0.3) is 0 Å². The number of rotatable bonds is 15. The molecule has 2 amide bonds. The first-order valence-electron chi connectivity index (χ1n) is 11.7. The van der Waals surface area contributed by atoms with Crippen LogP contribution in [-0.4, -0.2) is 40.7 Å². The summed E-state index contributed by atoms with van der Waals surface area (Å²) < 4.78 is 0. The molecule has 0 atom stereocenters. The number of hydrogen-bond donors (Lipinski definition) is 2. The lowest BCUT2D eigenvalue weighted by atomic mass is 9.82. The molecule has 1 saturated carbocycles. The second kappa shape index (κ2) is 14.1. The van der Waals surface area contributed by atoms with E-state index in [1.807, 2.05) is 0 Å². The highest BCUT2D eigenvalue weighted by molar-refractivity contribution is 5.81. The fourth-order valence-electron chi connectivity index (χ4n) is 4.12. The first-order chi connectivity index (χ1) is 14.6. The van der Waals surface area contributed by atoms with Crippen molar-refractivity contribution in [2.75, 3.05) is 0 Å². The standard InChI is InChI=1S/C24H40N2O5/c1-18(27)12-15-24(16-13-19(2)28,17-14-20(3)29)26-23(31)11-7-10-22(30)25-21-8-5-4-6-9-21/h21H,4-17H2,1-3H3,(H,25,30)(H,26,31). The summed E-state index contributed by atoms with van der Waals surface area (Å²) in [5.41, 5.74) is -0.759. The summed E-state index contributed by atoms with van der Waals surface area (Å²) in [6, 6.07) is 0.257. The maximum atomic E-state index is 12.7. The van der Waals surface area contributed by atoms with Crippen molar-refractivity contribution in [1.82, 2.24) is 10.6 Å². The highest BCUT2D eigenvalue weighted by atomic mass is 16.2. The summed E-state index contributed by atoms with van der Waals surface area (Å²) in [6.07, 6.45) is 8.54. The molecule has 0 aromatic rings. The molecule has 7 heteroatoms. The Bertz CT molecular complexity index is 592. The fourth-order valence-corrected chi connectivity index (χ4v) is 4.12. The molecule has 31 heavy (non-hydrogen) atoms. The minimum Gasteiger partial charge on any atom is -0.353 e. The van der Waals surface area contributed by atoms with Gasteiger partial charge in [0.05, 0.1) is 0 Å². The van der Waals surface area contributed by atoms with E-state index in [1.54, 1.807) is 0 Å². The lowest BCUT2D eigenvalue weighted by Crippen LogP contribution is -2.49. The molecule has 0 bridgehead atoms. The first-order valence-corrected chi connectivity index (χ1v) is 11.7. The SMILES string of the molecule is CC(=O)CCC(CCC(C)=O)(CCC(C)=O)NC(=O)CCCC(=O)NC1CCCCC1. The van der Waals surface area contributed by atoms with Crippen LogP contribution >= 0.6 is 0 Å². The molecular weight excluding hydrogens is 396 g/mol. The number of Topliss-reactive ketones (excluding diaryl/α,β-unsaturated/α-hetero) is 3. The zero-order chi connectivity index (χ0) is 23.3. The molecule has 1 aliphatic carbocycles. The van der Waals surface area contributed by atoms with Crippen molar-refractivity contribution < 1.29 is 24.0 Å². The predicted molar refractivity (Wildman–Crippen MR) is 119 cm³/mol. The van der Waals surface area contributed by atoms with Gasteiger partial charge in [0.25, 0.3) is 0 Å². The molecule has 0 aromatic carbocycles. The van der Waals surface area contributed by atoms with Crippen LogP contribution in [0.15, 0.2) is 0 Å². The van der Waals surface area contributed by atoms with E-state index in [1.165, 1.54) is 27.2 Å². The van der Waals surface area contributed by atoms with Gasteiger partial charge in [-0.3, -0.25) is 9.59 Å². The largest absolute Gasteiger partial charge is 0.353 e. The Morgan fingerprint density at radius 1 is 0.677 bits per heavy atom. The molecule has 1 aliphatic rings. The van der Waals surface area contributed by atoms with Crippen LogP contribution in [0.5, 0.6) is 0 Å². The highest BCUT2D eigenvalue weighted by Gasteiger charge is 2.32. The maximum Gasteiger partial charge on any atom is 0.220 e. The van der Waals surface area contributed by atoms with Gasteiger partial charge in [-0.2, -0.15) is 0 Å². The number of carbonyl (C=O) groups excluding carboxylic acids is 5. The molecular formula is C24H40N2O5. The minimum atomic E-state index is -0.759. The fraction of sp³-hybridized carbons (Fsp3) is 0.792. The van der Waals surface area contributed by atoms with Crippen LogP contribution in [0, 0.1) is 0 Å². The van der Waals surface area contributed by atoms with Gasteiger partial charge in [-0.05, 0) is 59.3 Å². The van der Waals surface area contributed by atoms with Gasteiger partial charge in [0.1, 0.15) is 17.3 Å². The van der Waals surface area contributed by atoms with Crippen molar-refractivity contribution >= 4 is 29.2 Å². The van der Waals surface area contributed by atoms with Gasteiger partial charge >= 0.3 is 0 Å². The third kappa shape index (κ3) is 12.4. The van der Waals surface area contributed by atoms with Crippen molar-refractivity contribution in [2.45, 2.75) is 122 Å². The summed E-state index contributed by atoms with van der Waals surface area (Å²) in [7, 11) is 0. The predicted octanol–water partition coefficient (Wildman–Crippen LogP) is 3.57. The number of ketones is 3. The zero-order valence-electron chi connectivity index (χ0n) is 19.5. The molecule has 0 heterocycles. The van der Waals surface area contributed by atoms with Crippen molar-refractivity contribution in [3.8, 4) is 0 Å². The first kappa shape index (κ1) is 27.0. The van der Waals surface area contributed by atoms with Crippen molar-refractivity contribution in [2.24, 2.45) is 0 Å². The second-order valence-electron chi connectivity index (χ2n) is 9.19. The quantitative estimate of drug-likeness (QED) is 0.408. The lowest BCUT2D eigenvalue weighted by Gasteiger charge is -2.35. The van der Waals surface area contributed by atoms with Gasteiger partial charge in [0.15, 0.2) is 0 Å². The van der Waals surface area contributed by atoms with Gasteiger partial charge in [-0.25, -0.2) is 0 Å². The Hall–Kier alpha value is -2.05. The summed E-state index contributed by atoms with van der Waals surface area (Å²) >= 11 is 0. The van der Waals surface area contributed by atoms with Gasteiger partial charge in [0, 0.05) is 43.7 Å². The number of nitrogens with one attached hydrogen (secondary N) is 2. The van der Waals surface area contributed by atoms with Gasteiger partial charge in [-0.15, -0.1) is 0 Å². The molecule has 176 valence electrons. The van der Waals surface area contributed by atoms with Gasteiger partial charge < -0.3 is 25.0 Å². The Kier molecular flexibility index (Phi) is 12.3. The van der Waals surface area contributed by atoms with Crippen LogP contribution in [0.3, 0.4) is 0 Å². The minimum absolute atomic E-state index is 0.00339. The smallest absolute Gasteiger partial charge is 0.220 e. The van der Waals surface area contributed by atoms with E-state index in [4.69, 9.17) is 0 Å². The summed E-state index contributed by atoms with van der Waals surface area (Å²) in [5.74, 6) is -0.215. The van der Waals surface area contributed by atoms with E-state index in [-0.39, 0.29) is 60.9 Å². The summed E-state index contributed by atoms with van der Waals surface area (Å²) in [6.45, 7) is 4.48. The number of hydrogen-bond acceptors (Lipinski definition) is 5. The van der Waals surface area contributed by atoms with E-state index in [0.29, 0.717) is 32.1 Å². The molecule has 1 fully saturated rings. The Morgan fingerprint density at radius 2 is 1.13 bits per heavy atom. The average molecular weight is 437 g/mol. The van der Waals surface area contributed by atoms with Crippen molar-refractivity contribution in [1.29, 1.82) is 0 Å². The van der Waals surface area contributed by atoms with Crippen LogP contribution in [0.4, 0.5) is 0 Å². The molecule has 0 spiro atoms. The van der Waals surface area contributed by atoms with Crippen molar-refractivity contribution in [3.63, 3.8) is 0 Å².